The van der Waals surface area contributed by atoms with E-state index < -0.39 is 71.1 Å². The Bertz CT molecular complexity index is 2880. The maximum Gasteiger partial charge on any atom is 0.416 e. The molecule has 1 aliphatic rings. The average molecular weight is 1200 g/mol. The number of thiocarbonyl (C=S) groups is 3. The number of hydrogen-bond acceptors (Lipinski definition) is 12. The number of nitrogens with one attached hydrogen (secondary N) is 9. The van der Waals surface area contributed by atoms with Crippen LogP contribution in [-0.4, -0.2) is 67.6 Å². The third-order valence-corrected chi connectivity index (χ3v) is 12.9. The van der Waals surface area contributed by atoms with Crippen molar-refractivity contribution in [3.63, 3.8) is 0 Å². The van der Waals surface area contributed by atoms with Gasteiger partial charge in [0.15, 0.2) is 32.4 Å². The van der Waals surface area contributed by atoms with Crippen molar-refractivity contribution < 1.29 is 67.1 Å². The third kappa shape index (κ3) is 16.8. The van der Waals surface area contributed by atoms with Gasteiger partial charge in [-0.1, -0.05) is 0 Å². The second-order valence-corrected chi connectivity index (χ2v) is 19.5. The number of halogens is 9. The summed E-state index contributed by atoms with van der Waals surface area (Å²) < 4.78 is 136. The number of benzene rings is 3. The molecule has 0 saturated carbocycles. The zero-order chi connectivity index (χ0) is 58.8. The Morgan fingerprint density at radius 1 is 0.444 bits per heavy atom. The van der Waals surface area contributed by atoms with Crippen molar-refractivity contribution in [2.24, 2.45) is 0 Å². The number of carbonyl (C=O) groups excluding carboxylic acids is 3. The molecule has 18 nitrogen and oxygen atoms in total. The molecule has 0 aliphatic carbocycles. The van der Waals surface area contributed by atoms with Crippen molar-refractivity contribution in [2.45, 2.75) is 96.0 Å². The minimum atomic E-state index is -4.53. The molecule has 7 rings (SSSR count). The van der Waals surface area contributed by atoms with Crippen molar-refractivity contribution in [3.05, 3.63) is 142 Å². The molecule has 432 valence electrons. The van der Waals surface area contributed by atoms with Gasteiger partial charge in [-0.15, -0.1) is 0 Å². The van der Waals surface area contributed by atoms with Gasteiger partial charge in [0.25, 0.3) is 17.7 Å². The lowest BCUT2D eigenvalue weighted by Crippen LogP contribution is -2.34. The molecule has 0 fully saturated rings. The number of alkyl halides is 9. The number of hydrogen-bond donors (Lipinski definition) is 9. The first kappa shape index (κ1) is 60.8. The Hall–Kier alpha value is -7.86. The minimum absolute atomic E-state index is 0.0526. The van der Waals surface area contributed by atoms with Gasteiger partial charge in [-0.05, 0) is 169 Å². The summed E-state index contributed by atoms with van der Waals surface area (Å²) in [5.74, 6) is -2.34. The van der Waals surface area contributed by atoms with Crippen LogP contribution in [0.5, 0.6) is 0 Å². The highest BCUT2D eigenvalue weighted by molar-refractivity contribution is 7.80. The lowest BCUT2D eigenvalue weighted by Gasteiger charge is -2.17. The smallest absolute Gasteiger partial charge is 0.416 e. The molecule has 3 aromatic heterocycles. The van der Waals surface area contributed by atoms with Gasteiger partial charge in [0.2, 0.25) is 17.7 Å². The van der Waals surface area contributed by atoms with Crippen molar-refractivity contribution >= 4 is 86.8 Å². The Morgan fingerprint density at radius 2 is 0.679 bits per heavy atom. The van der Waals surface area contributed by atoms with E-state index in [0.29, 0.717) is 17.1 Å². The largest absolute Gasteiger partial charge is 0.443 e. The van der Waals surface area contributed by atoms with Crippen LogP contribution in [0, 0.1) is 20.8 Å². The molecule has 3 atom stereocenters. The number of rotatable bonds is 15. The molecule has 4 heterocycles. The lowest BCUT2D eigenvalue weighted by atomic mass is 10.1. The summed E-state index contributed by atoms with van der Waals surface area (Å²) in [5, 5.41) is 26.2. The van der Waals surface area contributed by atoms with E-state index in [1.165, 1.54) is 57.2 Å². The van der Waals surface area contributed by atoms with E-state index in [4.69, 9.17) is 49.9 Å². The number of nitrogens with zero attached hydrogens (tertiary/aromatic N) is 3. The van der Waals surface area contributed by atoms with Crippen LogP contribution in [0.3, 0.4) is 0 Å². The third-order valence-electron chi connectivity index (χ3n) is 12.2. The Kier molecular flexibility index (Phi) is 19.6. The topological polar surface area (TPSA) is 238 Å². The van der Waals surface area contributed by atoms with Crippen LogP contribution in [0.25, 0.3) is 0 Å². The van der Waals surface area contributed by atoms with Gasteiger partial charge in [0.05, 0.1) is 16.7 Å². The van der Waals surface area contributed by atoms with E-state index >= 15 is 0 Å². The van der Waals surface area contributed by atoms with E-state index in [1.807, 2.05) is 0 Å². The van der Waals surface area contributed by atoms with Crippen LogP contribution in [0.2, 0.25) is 0 Å². The van der Waals surface area contributed by atoms with E-state index in [-0.39, 0.29) is 126 Å². The maximum atomic E-state index is 14.2. The number of carbonyl (C=O) groups is 3. The molecule has 0 saturated heterocycles. The van der Waals surface area contributed by atoms with E-state index in [2.05, 4.69) is 62.8 Å². The van der Waals surface area contributed by atoms with E-state index in [0.717, 1.165) is 36.4 Å². The minimum Gasteiger partial charge on any atom is -0.443 e. The Balaban J connectivity index is 1.11. The Morgan fingerprint density at radius 3 is 0.901 bits per heavy atom. The van der Waals surface area contributed by atoms with Gasteiger partial charge in [-0.3, -0.25) is 14.4 Å². The fourth-order valence-corrected chi connectivity index (χ4v) is 8.72. The first-order valence-electron chi connectivity index (χ1n) is 24.7. The highest BCUT2D eigenvalue weighted by Crippen LogP contribution is 2.33. The van der Waals surface area contributed by atoms with Crippen molar-refractivity contribution in [1.82, 2.24) is 46.9 Å². The molecule has 9 N–H and O–H groups in total. The average Bonchev–Trinajstić information content (AvgIpc) is 4.12. The van der Waals surface area contributed by atoms with Gasteiger partial charge in [0, 0.05) is 36.7 Å². The summed E-state index contributed by atoms with van der Waals surface area (Å²) in [4.78, 5) is 56.2. The molecular formula is C51H51F9N12O6S3. The van der Waals surface area contributed by atoms with Crippen molar-refractivity contribution in [3.8, 4) is 0 Å². The van der Waals surface area contributed by atoms with E-state index in [9.17, 15) is 53.9 Å². The molecule has 0 spiro atoms. The summed E-state index contributed by atoms with van der Waals surface area (Å²) in [5.41, 5.74) is -2.16. The number of aryl methyl sites for hydroxylation is 3. The van der Waals surface area contributed by atoms with Gasteiger partial charge in [0.1, 0.15) is 35.4 Å². The van der Waals surface area contributed by atoms with Gasteiger partial charge < -0.3 is 61.1 Å². The van der Waals surface area contributed by atoms with Crippen LogP contribution in [-0.2, 0) is 18.5 Å². The predicted molar refractivity (Wildman–Crippen MR) is 289 cm³/mol. The fourth-order valence-electron chi connectivity index (χ4n) is 8.06. The lowest BCUT2D eigenvalue weighted by molar-refractivity contribution is -0.138. The first-order chi connectivity index (χ1) is 38.2. The predicted octanol–water partition coefficient (Wildman–Crippen LogP) is 10.7. The maximum absolute atomic E-state index is 14.2. The highest BCUT2D eigenvalue weighted by atomic mass is 32.1. The molecule has 3 amide bonds. The summed E-state index contributed by atoms with van der Waals surface area (Å²) >= 11 is 16.1. The summed E-state index contributed by atoms with van der Waals surface area (Å²) in [6.45, 7) is 4.97. The number of amides is 3. The second-order valence-electron chi connectivity index (χ2n) is 18.2. The number of anilines is 3. The van der Waals surface area contributed by atoms with Gasteiger partial charge in [-0.25, -0.2) is 15.0 Å². The molecule has 0 radical (unpaired) electrons. The van der Waals surface area contributed by atoms with Crippen molar-refractivity contribution in [2.75, 3.05) is 35.6 Å². The normalized spacial score (nSPS) is 16.0. The fraction of sp³-hybridized carbons (Fsp3) is 0.353. The first-order valence-corrected chi connectivity index (χ1v) is 25.9. The zero-order valence-corrected chi connectivity index (χ0v) is 45.4. The summed E-state index contributed by atoms with van der Waals surface area (Å²) in [6.07, 6.45) is -12.5. The zero-order valence-electron chi connectivity index (χ0n) is 42.9. The van der Waals surface area contributed by atoms with E-state index in [1.54, 1.807) is 0 Å². The monoisotopic (exact) mass is 1190 g/mol. The molecule has 6 aromatic rings. The number of oxazole rings is 3. The molecule has 6 bridgehead atoms. The molecule has 81 heavy (non-hydrogen) atoms. The Labute approximate surface area is 472 Å². The summed E-state index contributed by atoms with van der Waals surface area (Å²) in [6, 6.07) is 9.66. The number of aromatic nitrogens is 3. The van der Waals surface area contributed by atoms with Gasteiger partial charge >= 0.3 is 18.5 Å². The quantitative estimate of drug-likeness (QED) is 0.0264. The number of fused-ring (bicyclic) bond motifs is 6. The summed E-state index contributed by atoms with van der Waals surface area (Å²) in [7, 11) is 0. The van der Waals surface area contributed by atoms with Crippen LogP contribution in [0.4, 0.5) is 56.6 Å². The molecular weight excluding hydrogens is 1140 g/mol. The molecule has 0 unspecified atom stereocenters. The molecule has 1 aliphatic heterocycles. The second kappa shape index (κ2) is 26.2. The highest BCUT2D eigenvalue weighted by Gasteiger charge is 2.35. The van der Waals surface area contributed by atoms with Crippen molar-refractivity contribution in [1.29, 1.82) is 0 Å². The standard InChI is InChI=1S/C51H51F9N12O6S3/c1-25-37-40(73)67-35(8-5-23-62-47(80)65-32-18-12-29(13-19-32)50(55,56)57)44-71-39(27(3)77-44)42(75)69-36(9-6-24-63-48(81)66-33-20-14-30(15-21-33)51(58,59)60)45-72-38(26(2)78-45)41(74)68-34(43(70-37)76-25)7-4-22-61-46(79)64-31-16-10-28(11-17-31)49(52,53)54/h10-21,34-36H,4-9,22-24H2,1-3H3,(H,67,73)(H,68,74)(H,69,75)(H2,61,64,79)(H2,62,65,80)(H2,63,66,81)/t34-,35-,36-/m0/s1. The van der Waals surface area contributed by atoms with Crippen LogP contribution >= 0.6 is 36.7 Å². The molecule has 30 heteroatoms. The van der Waals surface area contributed by atoms with Crippen LogP contribution in [0.15, 0.2) is 86.0 Å². The molecule has 3 aromatic carbocycles. The SMILES string of the molecule is Cc1oc2nc1C(=O)N[C@@H](CCCNC(=S)Nc1ccc(C(F)(F)F)cc1)c1nc(c(C)o1)C(=O)N[C@@H](CCCNC(=S)Nc1ccc(C(F)(F)F)cc1)c1nc(c(C)o1)C(=O)N[C@H]2CCCNC(=S)Nc1ccc(C(F)(F)F)cc1. The van der Waals surface area contributed by atoms with Gasteiger partial charge in [-0.2, -0.15) is 39.5 Å². The van der Waals surface area contributed by atoms with Crippen LogP contribution < -0.4 is 47.9 Å². The van der Waals surface area contributed by atoms with Crippen LogP contribution in [0.1, 0.15) is 140 Å².